The highest BCUT2D eigenvalue weighted by molar-refractivity contribution is 5.79. The Morgan fingerprint density at radius 1 is 0.870 bits per heavy atom. The number of carbonyl (C=O) groups excluding carboxylic acids is 1. The third-order valence-electron chi connectivity index (χ3n) is 10.5. The molecule has 4 fully saturated rings. The van der Waals surface area contributed by atoms with Gasteiger partial charge in [0.15, 0.2) is 5.65 Å². The van der Waals surface area contributed by atoms with E-state index in [4.69, 9.17) is 9.97 Å². The molecule has 1 amide bonds. The van der Waals surface area contributed by atoms with Crippen LogP contribution in [0.1, 0.15) is 90.5 Å². The first-order valence-electron chi connectivity index (χ1n) is 16.9. The van der Waals surface area contributed by atoms with Crippen LogP contribution in [-0.4, -0.2) is 84.7 Å². The van der Waals surface area contributed by atoms with Crippen LogP contribution in [0.2, 0.25) is 0 Å². The number of hydrogen-bond acceptors (Lipinski definition) is 8. The zero-order chi connectivity index (χ0) is 30.9. The summed E-state index contributed by atoms with van der Waals surface area (Å²) >= 11 is 0. The number of likely N-dealkylation sites (tertiary alicyclic amines) is 2. The first-order valence-corrected chi connectivity index (χ1v) is 16.9. The van der Waals surface area contributed by atoms with E-state index in [2.05, 4.69) is 25.4 Å². The lowest BCUT2D eigenvalue weighted by molar-refractivity contribution is -0.138. The fourth-order valence-electron chi connectivity index (χ4n) is 7.91. The number of nitrogens with zero attached hydrogens (tertiary/aromatic N) is 6. The largest absolute Gasteiger partial charge is 0.393 e. The normalized spacial score (nSPS) is 26.2. The standard InChI is InChI=1S/C33H44F2N8O2.CH4/c34-22-5-12-28(27(35)19-22)38-33-39-29-20-36-32(37-23-6-10-26(44)11-7-23)40-30(29)43(33)25-8-3-21(4-9-25)31(45)42-17-13-24(14-18-42)41-15-1-2-16-41;/h5,12,19-21,23-26,44H,1-4,6-11,13-18H2,(H,38,39)(H,36,37,40);1H4. The Kier molecular flexibility index (Phi) is 10.0. The van der Waals surface area contributed by atoms with E-state index in [1.165, 1.54) is 38.1 Å². The third kappa shape index (κ3) is 6.97. The Morgan fingerprint density at radius 3 is 2.28 bits per heavy atom. The molecule has 7 rings (SSSR count). The van der Waals surface area contributed by atoms with Crippen LogP contribution in [0, 0.1) is 17.6 Å². The Labute approximate surface area is 270 Å². The Morgan fingerprint density at radius 2 is 1.59 bits per heavy atom. The van der Waals surface area contributed by atoms with E-state index < -0.39 is 11.6 Å². The van der Waals surface area contributed by atoms with Gasteiger partial charge in [-0.25, -0.2) is 18.7 Å². The monoisotopic (exact) mass is 638 g/mol. The maximum Gasteiger partial charge on any atom is 0.225 e. The van der Waals surface area contributed by atoms with Gasteiger partial charge in [-0.05, 0) is 102 Å². The number of rotatable bonds is 7. The van der Waals surface area contributed by atoms with Crippen LogP contribution in [0.5, 0.6) is 0 Å². The molecule has 0 spiro atoms. The fourth-order valence-corrected chi connectivity index (χ4v) is 7.91. The smallest absolute Gasteiger partial charge is 0.225 e. The lowest BCUT2D eigenvalue weighted by Crippen LogP contribution is -2.48. The number of amides is 1. The van der Waals surface area contributed by atoms with Crippen LogP contribution in [0.25, 0.3) is 11.2 Å². The minimum atomic E-state index is -0.704. The summed E-state index contributed by atoms with van der Waals surface area (Å²) in [6.07, 6.45) is 12.4. The van der Waals surface area contributed by atoms with E-state index in [0.717, 1.165) is 83.4 Å². The summed E-state index contributed by atoms with van der Waals surface area (Å²) < 4.78 is 30.4. The lowest BCUT2D eigenvalue weighted by atomic mass is 9.84. The molecule has 250 valence electrons. The van der Waals surface area contributed by atoms with E-state index in [1.54, 1.807) is 6.20 Å². The molecule has 0 radical (unpaired) electrons. The fraction of sp³-hybridized carbons (Fsp3) is 0.647. The predicted molar refractivity (Wildman–Crippen MR) is 175 cm³/mol. The molecule has 1 aromatic carbocycles. The van der Waals surface area contributed by atoms with Crippen LogP contribution in [-0.2, 0) is 4.79 Å². The molecule has 46 heavy (non-hydrogen) atoms. The highest BCUT2D eigenvalue weighted by atomic mass is 19.1. The number of aliphatic hydroxyl groups excluding tert-OH is 1. The molecule has 0 atom stereocenters. The minimum absolute atomic E-state index is 0. The first-order chi connectivity index (χ1) is 21.9. The number of carbonyl (C=O) groups is 1. The van der Waals surface area contributed by atoms with Crippen molar-refractivity contribution in [2.45, 2.75) is 109 Å². The number of piperidine rings is 1. The summed E-state index contributed by atoms with van der Waals surface area (Å²) in [5.74, 6) is -0.163. The van der Waals surface area contributed by atoms with Gasteiger partial charge in [-0.15, -0.1) is 0 Å². The van der Waals surface area contributed by atoms with E-state index in [1.807, 2.05) is 4.57 Å². The topological polar surface area (TPSA) is 111 Å². The molecule has 4 aliphatic rings. The molecule has 12 heteroatoms. The molecular weight excluding hydrogens is 590 g/mol. The number of imidazole rings is 1. The van der Waals surface area contributed by atoms with Gasteiger partial charge in [-0.2, -0.15) is 4.98 Å². The third-order valence-corrected chi connectivity index (χ3v) is 10.5. The molecule has 10 nitrogen and oxygen atoms in total. The maximum absolute atomic E-state index is 14.7. The predicted octanol–water partition coefficient (Wildman–Crippen LogP) is 6.02. The molecule has 2 saturated heterocycles. The zero-order valence-electron chi connectivity index (χ0n) is 25.8. The Bertz CT molecular complexity index is 1490. The highest BCUT2D eigenvalue weighted by Crippen LogP contribution is 2.38. The Hall–Kier alpha value is -3.38. The number of benzene rings is 1. The molecular formula is C34H48F2N8O2. The van der Waals surface area contributed by atoms with Crippen molar-refractivity contribution in [1.82, 2.24) is 29.3 Å². The molecule has 3 N–H and O–H groups in total. The van der Waals surface area contributed by atoms with Crippen LogP contribution in [0.15, 0.2) is 24.4 Å². The quantitative estimate of drug-likeness (QED) is 0.288. The van der Waals surface area contributed by atoms with Crippen molar-refractivity contribution >= 4 is 34.7 Å². The van der Waals surface area contributed by atoms with Crippen molar-refractivity contribution in [2.24, 2.45) is 5.92 Å². The van der Waals surface area contributed by atoms with Gasteiger partial charge in [0.1, 0.15) is 17.2 Å². The van der Waals surface area contributed by atoms with Gasteiger partial charge in [0.2, 0.25) is 17.8 Å². The first kappa shape index (κ1) is 32.6. The summed E-state index contributed by atoms with van der Waals surface area (Å²) in [5.41, 5.74) is 1.33. The van der Waals surface area contributed by atoms with Gasteiger partial charge < -0.3 is 25.5 Å². The summed E-state index contributed by atoms with van der Waals surface area (Å²) in [5, 5.41) is 16.4. The van der Waals surface area contributed by atoms with Gasteiger partial charge in [0.05, 0.1) is 18.0 Å². The van der Waals surface area contributed by atoms with Crippen LogP contribution < -0.4 is 10.6 Å². The van der Waals surface area contributed by atoms with E-state index in [0.29, 0.717) is 29.1 Å². The second kappa shape index (κ2) is 14.2. The number of nitrogens with one attached hydrogen (secondary N) is 2. The number of aliphatic hydroxyl groups is 1. The number of hydrogen-bond donors (Lipinski definition) is 3. The lowest BCUT2D eigenvalue weighted by Gasteiger charge is -2.39. The van der Waals surface area contributed by atoms with Crippen molar-refractivity contribution in [3.63, 3.8) is 0 Å². The van der Waals surface area contributed by atoms with Gasteiger partial charge in [0.25, 0.3) is 0 Å². The molecule has 3 aromatic rings. The second-order valence-electron chi connectivity index (χ2n) is 13.4. The average Bonchev–Trinajstić information content (AvgIpc) is 3.72. The van der Waals surface area contributed by atoms with E-state index in [9.17, 15) is 18.7 Å². The number of fused-ring (bicyclic) bond motifs is 1. The van der Waals surface area contributed by atoms with Crippen molar-refractivity contribution in [3.8, 4) is 0 Å². The molecule has 4 heterocycles. The van der Waals surface area contributed by atoms with Crippen LogP contribution >= 0.6 is 0 Å². The van der Waals surface area contributed by atoms with Gasteiger partial charge in [-0.1, -0.05) is 7.43 Å². The molecule has 0 bridgehead atoms. The van der Waals surface area contributed by atoms with E-state index >= 15 is 0 Å². The summed E-state index contributed by atoms with van der Waals surface area (Å²) in [7, 11) is 0. The maximum atomic E-state index is 14.7. The number of halogens is 2. The summed E-state index contributed by atoms with van der Waals surface area (Å²) in [4.78, 5) is 32.4. The van der Waals surface area contributed by atoms with Gasteiger partial charge in [-0.3, -0.25) is 9.36 Å². The van der Waals surface area contributed by atoms with E-state index in [-0.39, 0.29) is 43.1 Å². The van der Waals surface area contributed by atoms with Crippen LogP contribution in [0.3, 0.4) is 0 Å². The van der Waals surface area contributed by atoms with Crippen LogP contribution in [0.4, 0.5) is 26.4 Å². The highest BCUT2D eigenvalue weighted by Gasteiger charge is 2.35. The molecule has 2 aliphatic carbocycles. The number of anilines is 3. The average molecular weight is 639 g/mol. The van der Waals surface area contributed by atoms with Crippen molar-refractivity contribution < 1.29 is 18.7 Å². The van der Waals surface area contributed by atoms with Crippen molar-refractivity contribution in [3.05, 3.63) is 36.0 Å². The van der Waals surface area contributed by atoms with Crippen molar-refractivity contribution in [2.75, 3.05) is 36.8 Å². The summed E-state index contributed by atoms with van der Waals surface area (Å²) in [6, 6.07) is 4.22. The zero-order valence-corrected chi connectivity index (χ0v) is 25.8. The number of aromatic nitrogens is 4. The second-order valence-corrected chi connectivity index (χ2v) is 13.4. The molecule has 2 saturated carbocycles. The SMILES string of the molecule is C.O=C(C1CCC(n2c(Nc3ccc(F)cc3F)nc3cnc(NC4CCC(O)CC4)nc32)CC1)N1CCC(N2CCCC2)CC1. The minimum Gasteiger partial charge on any atom is -0.393 e. The molecule has 2 aliphatic heterocycles. The summed E-state index contributed by atoms with van der Waals surface area (Å²) in [6.45, 7) is 4.08. The Balaban J connectivity index is 0.00000372. The van der Waals surface area contributed by atoms with Crippen molar-refractivity contribution in [1.29, 1.82) is 0 Å². The van der Waals surface area contributed by atoms with Gasteiger partial charge in [0, 0.05) is 43.2 Å². The van der Waals surface area contributed by atoms with Gasteiger partial charge >= 0.3 is 0 Å². The molecule has 2 aromatic heterocycles. The molecule has 0 unspecified atom stereocenters.